The molecule has 0 amide bonds. The second-order valence-electron chi connectivity index (χ2n) is 5.15. The Morgan fingerprint density at radius 3 is 3.11 bits per heavy atom. The van der Waals surface area contributed by atoms with Crippen LogP contribution >= 0.6 is 15.9 Å². The summed E-state index contributed by atoms with van der Waals surface area (Å²) >= 11 is 3.43. The van der Waals surface area contributed by atoms with Crippen molar-refractivity contribution in [3.63, 3.8) is 0 Å². The number of hydrogen-bond acceptors (Lipinski definition) is 3. The van der Waals surface area contributed by atoms with Gasteiger partial charge in [0.25, 0.3) is 0 Å². The Hall–Kier alpha value is -0.420. The van der Waals surface area contributed by atoms with Crippen LogP contribution in [-0.4, -0.2) is 42.2 Å². The normalized spacial score (nSPS) is 21.7. The minimum absolute atomic E-state index is 0.436. The smallest absolute Gasteiger partial charge is 0.0914 e. The largest absolute Gasteiger partial charge is 0.387 e. The van der Waals surface area contributed by atoms with E-state index in [1.54, 1.807) is 0 Å². The third-order valence-electron chi connectivity index (χ3n) is 3.86. The molecule has 2 N–H and O–H groups in total. The molecule has 1 fully saturated rings. The lowest BCUT2D eigenvalue weighted by Gasteiger charge is -2.23. The van der Waals surface area contributed by atoms with E-state index in [0.717, 1.165) is 23.1 Å². The van der Waals surface area contributed by atoms with Crippen LogP contribution in [0.4, 0.5) is 0 Å². The molecule has 0 radical (unpaired) electrons. The number of nitrogens with one attached hydrogen (secondary N) is 1. The van der Waals surface area contributed by atoms with E-state index in [1.165, 1.54) is 19.4 Å². The van der Waals surface area contributed by atoms with Crippen LogP contribution < -0.4 is 5.32 Å². The van der Waals surface area contributed by atoms with Gasteiger partial charge in [0.05, 0.1) is 6.10 Å². The van der Waals surface area contributed by atoms with Crippen molar-refractivity contribution in [2.24, 2.45) is 0 Å². The molecule has 0 saturated carbocycles. The van der Waals surface area contributed by atoms with Crippen molar-refractivity contribution in [1.29, 1.82) is 0 Å². The number of likely N-dealkylation sites (tertiary alicyclic amines) is 1. The molecule has 2 unspecified atom stereocenters. The molecule has 1 heterocycles. The predicted molar refractivity (Wildman–Crippen MR) is 82.2 cm³/mol. The molecule has 1 aliphatic heterocycles. The van der Waals surface area contributed by atoms with Crippen molar-refractivity contribution in [3.8, 4) is 0 Å². The first kappa shape index (κ1) is 15.0. The van der Waals surface area contributed by atoms with Crippen LogP contribution in [0.15, 0.2) is 28.7 Å². The average molecular weight is 327 g/mol. The summed E-state index contributed by atoms with van der Waals surface area (Å²) in [6.07, 6.45) is 2.14. The Morgan fingerprint density at radius 1 is 1.53 bits per heavy atom. The van der Waals surface area contributed by atoms with Gasteiger partial charge in [0.2, 0.25) is 0 Å². The van der Waals surface area contributed by atoms with Crippen LogP contribution in [-0.2, 0) is 0 Å². The van der Waals surface area contributed by atoms with Crippen LogP contribution in [0.2, 0.25) is 0 Å². The van der Waals surface area contributed by atoms with E-state index >= 15 is 0 Å². The molecule has 0 aromatic heterocycles. The van der Waals surface area contributed by atoms with Gasteiger partial charge >= 0.3 is 0 Å². The Balaban J connectivity index is 1.76. The van der Waals surface area contributed by atoms with E-state index in [0.29, 0.717) is 12.6 Å². The van der Waals surface area contributed by atoms with Crippen LogP contribution in [0, 0.1) is 0 Å². The maximum absolute atomic E-state index is 10.1. The fraction of sp³-hybridized carbons (Fsp3) is 0.600. The number of aliphatic hydroxyl groups excluding tert-OH is 1. The molecule has 1 aromatic rings. The molecule has 2 rings (SSSR count). The summed E-state index contributed by atoms with van der Waals surface area (Å²) in [5.74, 6) is 0. The van der Waals surface area contributed by atoms with Crippen molar-refractivity contribution in [3.05, 3.63) is 34.3 Å². The highest BCUT2D eigenvalue weighted by Gasteiger charge is 2.22. The monoisotopic (exact) mass is 326 g/mol. The fourth-order valence-corrected chi connectivity index (χ4v) is 3.18. The van der Waals surface area contributed by atoms with Gasteiger partial charge in [-0.25, -0.2) is 0 Å². The molecule has 0 bridgehead atoms. The summed E-state index contributed by atoms with van der Waals surface area (Å²) < 4.78 is 1.01. The van der Waals surface area contributed by atoms with E-state index < -0.39 is 6.10 Å². The Morgan fingerprint density at radius 2 is 2.37 bits per heavy atom. The van der Waals surface area contributed by atoms with E-state index in [-0.39, 0.29) is 0 Å². The number of aliphatic hydroxyl groups is 1. The molecular formula is C15H23BrN2O. The Labute approximate surface area is 124 Å². The number of nitrogens with zero attached hydrogens (tertiary/aromatic N) is 1. The minimum atomic E-state index is -0.436. The molecule has 4 heteroatoms. The third kappa shape index (κ3) is 4.28. The van der Waals surface area contributed by atoms with Crippen molar-refractivity contribution in [1.82, 2.24) is 10.2 Å². The Bertz CT molecular complexity index is 399. The highest BCUT2D eigenvalue weighted by molar-refractivity contribution is 9.10. The lowest BCUT2D eigenvalue weighted by atomic mass is 10.1. The van der Waals surface area contributed by atoms with E-state index in [4.69, 9.17) is 0 Å². The molecule has 1 aliphatic rings. The molecule has 3 nitrogen and oxygen atoms in total. The molecule has 0 spiro atoms. The summed E-state index contributed by atoms with van der Waals surface area (Å²) in [5.41, 5.74) is 0.959. The van der Waals surface area contributed by atoms with Crippen LogP contribution in [0.1, 0.15) is 31.4 Å². The Kier molecular flexibility index (Phi) is 5.82. The lowest BCUT2D eigenvalue weighted by molar-refractivity contribution is 0.168. The fourth-order valence-electron chi connectivity index (χ4n) is 2.76. The molecule has 19 heavy (non-hydrogen) atoms. The standard InChI is InChI=1S/C15H23BrN2O/c1-2-18-8-4-7-14(18)10-17-11-15(19)12-5-3-6-13(16)9-12/h3,5-6,9,14-15,17,19H,2,4,7-8,10-11H2,1H3. The maximum Gasteiger partial charge on any atom is 0.0914 e. The summed E-state index contributed by atoms with van der Waals surface area (Å²) in [4.78, 5) is 2.51. The minimum Gasteiger partial charge on any atom is -0.387 e. The SMILES string of the molecule is CCN1CCCC1CNCC(O)c1cccc(Br)c1. The van der Waals surface area contributed by atoms with Crippen molar-refractivity contribution in [2.45, 2.75) is 31.9 Å². The van der Waals surface area contributed by atoms with Gasteiger partial charge in [0, 0.05) is 23.6 Å². The topological polar surface area (TPSA) is 35.5 Å². The average Bonchev–Trinajstić information content (AvgIpc) is 2.86. The zero-order chi connectivity index (χ0) is 13.7. The number of benzene rings is 1. The van der Waals surface area contributed by atoms with Gasteiger partial charge < -0.3 is 10.4 Å². The number of likely N-dealkylation sites (N-methyl/N-ethyl adjacent to an activating group) is 1. The van der Waals surface area contributed by atoms with Crippen molar-refractivity contribution in [2.75, 3.05) is 26.2 Å². The van der Waals surface area contributed by atoms with E-state index in [1.807, 2.05) is 24.3 Å². The summed E-state index contributed by atoms with van der Waals surface area (Å²) in [6.45, 7) is 6.15. The number of hydrogen-bond donors (Lipinski definition) is 2. The highest BCUT2D eigenvalue weighted by Crippen LogP contribution is 2.18. The number of rotatable bonds is 6. The van der Waals surface area contributed by atoms with E-state index in [2.05, 4.69) is 33.1 Å². The van der Waals surface area contributed by atoms with Gasteiger partial charge in [-0.3, -0.25) is 4.90 Å². The lowest BCUT2D eigenvalue weighted by Crippen LogP contribution is -2.39. The quantitative estimate of drug-likeness (QED) is 0.843. The first-order valence-corrected chi connectivity index (χ1v) is 7.88. The summed E-state index contributed by atoms with van der Waals surface area (Å²) in [7, 11) is 0. The first-order chi connectivity index (χ1) is 9.20. The zero-order valence-electron chi connectivity index (χ0n) is 11.5. The van der Waals surface area contributed by atoms with Gasteiger partial charge in [-0.05, 0) is 43.6 Å². The van der Waals surface area contributed by atoms with Gasteiger partial charge in [-0.15, -0.1) is 0 Å². The zero-order valence-corrected chi connectivity index (χ0v) is 13.1. The highest BCUT2D eigenvalue weighted by atomic mass is 79.9. The van der Waals surface area contributed by atoms with Crippen molar-refractivity contribution >= 4 is 15.9 Å². The van der Waals surface area contributed by atoms with Gasteiger partial charge in [0.1, 0.15) is 0 Å². The van der Waals surface area contributed by atoms with E-state index in [9.17, 15) is 5.11 Å². The molecule has 1 aromatic carbocycles. The summed E-state index contributed by atoms with van der Waals surface area (Å²) in [5, 5.41) is 13.5. The maximum atomic E-state index is 10.1. The molecular weight excluding hydrogens is 304 g/mol. The van der Waals surface area contributed by atoms with Gasteiger partial charge in [0.15, 0.2) is 0 Å². The second kappa shape index (κ2) is 7.39. The molecule has 106 valence electrons. The predicted octanol–water partition coefficient (Wildman–Crippen LogP) is 2.56. The second-order valence-corrected chi connectivity index (χ2v) is 6.07. The molecule has 0 aliphatic carbocycles. The molecule has 2 atom stereocenters. The van der Waals surface area contributed by atoms with Gasteiger partial charge in [-0.1, -0.05) is 35.0 Å². The van der Waals surface area contributed by atoms with Crippen molar-refractivity contribution < 1.29 is 5.11 Å². The summed E-state index contributed by atoms with van der Waals surface area (Å²) in [6, 6.07) is 8.50. The third-order valence-corrected chi connectivity index (χ3v) is 4.35. The number of halogens is 1. The molecule has 1 saturated heterocycles. The van der Waals surface area contributed by atoms with Crippen LogP contribution in [0.3, 0.4) is 0 Å². The van der Waals surface area contributed by atoms with Gasteiger partial charge in [-0.2, -0.15) is 0 Å². The van der Waals surface area contributed by atoms with Crippen LogP contribution in [0.5, 0.6) is 0 Å². The van der Waals surface area contributed by atoms with Crippen LogP contribution in [0.25, 0.3) is 0 Å². The first-order valence-electron chi connectivity index (χ1n) is 7.09.